The maximum absolute atomic E-state index is 11.3. The summed E-state index contributed by atoms with van der Waals surface area (Å²) in [6, 6.07) is 12.4. The van der Waals surface area contributed by atoms with E-state index in [2.05, 4.69) is 5.10 Å². The molecule has 0 aromatic heterocycles. The van der Waals surface area contributed by atoms with Crippen molar-refractivity contribution in [3.8, 4) is 0 Å². The first-order chi connectivity index (χ1) is 11.4. The number of anilines is 1. The number of carboxylic acids is 1. The quantitative estimate of drug-likeness (QED) is 0.816. The molecule has 0 bridgehead atoms. The Labute approximate surface area is 154 Å². The number of hydrazone groups is 1. The second-order valence-corrected chi connectivity index (χ2v) is 6.76. The smallest absolute Gasteiger partial charge is 0.352 e. The van der Waals surface area contributed by atoms with Crippen LogP contribution in [0, 0.1) is 0 Å². The van der Waals surface area contributed by atoms with Gasteiger partial charge in [0.15, 0.2) is 0 Å². The minimum absolute atomic E-state index is 0.111. The maximum Gasteiger partial charge on any atom is 0.352 e. The molecule has 1 atom stereocenters. The van der Waals surface area contributed by atoms with Crippen LogP contribution in [0.2, 0.25) is 15.1 Å². The van der Waals surface area contributed by atoms with Gasteiger partial charge >= 0.3 is 5.97 Å². The standard InChI is InChI=1S/C17H13Cl3N2O2/c18-11-3-1-10(2-4-11)7-13-9-15(17(23)24)21-22(13)16-6-5-12(19)8-14(16)20/h1-6,8,13H,7,9H2,(H,23,24). The molecule has 1 N–H and O–H groups in total. The van der Waals surface area contributed by atoms with E-state index < -0.39 is 5.97 Å². The highest BCUT2D eigenvalue weighted by Crippen LogP contribution is 2.34. The third-order valence-corrected chi connectivity index (χ3v) is 4.58. The van der Waals surface area contributed by atoms with Gasteiger partial charge in [-0.25, -0.2) is 4.79 Å². The van der Waals surface area contributed by atoms with Crippen LogP contribution in [0.5, 0.6) is 0 Å². The molecule has 7 heteroatoms. The van der Waals surface area contributed by atoms with Crippen molar-refractivity contribution >= 4 is 52.2 Å². The van der Waals surface area contributed by atoms with E-state index >= 15 is 0 Å². The number of rotatable bonds is 4. The Morgan fingerprint density at radius 3 is 2.42 bits per heavy atom. The summed E-state index contributed by atoms with van der Waals surface area (Å²) in [6.45, 7) is 0. The largest absolute Gasteiger partial charge is 0.477 e. The van der Waals surface area contributed by atoms with Crippen LogP contribution < -0.4 is 5.01 Å². The average Bonchev–Trinajstić information content (AvgIpc) is 2.93. The first kappa shape index (κ1) is 17.1. The number of halogens is 3. The van der Waals surface area contributed by atoms with Crippen LogP contribution >= 0.6 is 34.8 Å². The Kier molecular flexibility index (Phi) is 4.99. The van der Waals surface area contributed by atoms with E-state index in [0.717, 1.165) is 5.56 Å². The first-order valence-corrected chi connectivity index (χ1v) is 8.37. The molecule has 0 saturated heterocycles. The van der Waals surface area contributed by atoms with Gasteiger partial charge in [-0.15, -0.1) is 0 Å². The Morgan fingerprint density at radius 1 is 1.12 bits per heavy atom. The summed E-state index contributed by atoms with van der Waals surface area (Å²) in [5.74, 6) is -1.02. The molecule has 24 heavy (non-hydrogen) atoms. The summed E-state index contributed by atoms with van der Waals surface area (Å²) < 4.78 is 0. The van der Waals surface area contributed by atoms with Crippen LogP contribution in [-0.2, 0) is 11.2 Å². The van der Waals surface area contributed by atoms with Gasteiger partial charge in [-0.3, -0.25) is 5.01 Å². The number of carbonyl (C=O) groups is 1. The fourth-order valence-corrected chi connectivity index (χ4v) is 3.28. The summed E-state index contributed by atoms with van der Waals surface area (Å²) >= 11 is 18.1. The van der Waals surface area contributed by atoms with Crippen molar-refractivity contribution in [1.29, 1.82) is 0 Å². The van der Waals surface area contributed by atoms with Gasteiger partial charge in [-0.05, 0) is 42.3 Å². The molecule has 0 radical (unpaired) electrons. The van der Waals surface area contributed by atoms with Crippen molar-refractivity contribution in [2.45, 2.75) is 18.9 Å². The number of benzene rings is 2. The summed E-state index contributed by atoms with van der Waals surface area (Å²) in [5.41, 5.74) is 1.79. The summed E-state index contributed by atoms with van der Waals surface area (Å²) in [5, 5.41) is 16.8. The summed E-state index contributed by atoms with van der Waals surface area (Å²) in [4.78, 5) is 11.3. The van der Waals surface area contributed by atoms with Crippen molar-refractivity contribution in [2.75, 3.05) is 5.01 Å². The van der Waals surface area contributed by atoms with Crippen LogP contribution in [0.4, 0.5) is 5.69 Å². The maximum atomic E-state index is 11.3. The van der Waals surface area contributed by atoms with Crippen LogP contribution in [0.3, 0.4) is 0 Å². The molecule has 124 valence electrons. The van der Waals surface area contributed by atoms with Crippen molar-refractivity contribution in [3.05, 3.63) is 63.1 Å². The van der Waals surface area contributed by atoms with E-state index in [1.165, 1.54) is 0 Å². The Balaban J connectivity index is 1.92. The van der Waals surface area contributed by atoms with E-state index in [1.807, 2.05) is 24.3 Å². The second kappa shape index (κ2) is 7.01. The van der Waals surface area contributed by atoms with Gasteiger partial charge < -0.3 is 5.11 Å². The molecule has 0 amide bonds. The monoisotopic (exact) mass is 382 g/mol. The van der Waals surface area contributed by atoms with Crippen LogP contribution in [-0.4, -0.2) is 22.8 Å². The Hall–Kier alpha value is -1.75. The van der Waals surface area contributed by atoms with Crippen molar-refractivity contribution in [1.82, 2.24) is 0 Å². The van der Waals surface area contributed by atoms with Gasteiger partial charge in [0.05, 0.1) is 16.8 Å². The lowest BCUT2D eigenvalue weighted by molar-refractivity contribution is -0.129. The zero-order valence-corrected chi connectivity index (χ0v) is 14.7. The molecule has 1 unspecified atom stereocenters. The SMILES string of the molecule is O=C(O)C1=NN(c2ccc(Cl)cc2Cl)C(Cc2ccc(Cl)cc2)C1. The molecule has 1 aliphatic heterocycles. The van der Waals surface area contributed by atoms with Crippen molar-refractivity contribution in [3.63, 3.8) is 0 Å². The predicted octanol–water partition coefficient (Wildman–Crippen LogP) is 4.91. The van der Waals surface area contributed by atoms with E-state index in [0.29, 0.717) is 33.6 Å². The van der Waals surface area contributed by atoms with Gasteiger partial charge in [0, 0.05) is 16.5 Å². The third kappa shape index (κ3) is 3.66. The summed E-state index contributed by atoms with van der Waals surface area (Å²) in [6.07, 6.45) is 0.952. The fraction of sp³-hybridized carbons (Fsp3) is 0.176. The number of carboxylic acid groups (broad SMARTS) is 1. The lowest BCUT2D eigenvalue weighted by Gasteiger charge is -2.24. The number of nitrogens with zero attached hydrogens (tertiary/aromatic N) is 2. The molecule has 4 nitrogen and oxygen atoms in total. The van der Waals surface area contributed by atoms with Gasteiger partial charge in [0.1, 0.15) is 5.71 Å². The van der Waals surface area contributed by atoms with Crippen LogP contribution in [0.1, 0.15) is 12.0 Å². The lowest BCUT2D eigenvalue weighted by atomic mass is 10.0. The highest BCUT2D eigenvalue weighted by Gasteiger charge is 2.32. The molecule has 1 aliphatic rings. The molecule has 2 aromatic carbocycles. The highest BCUT2D eigenvalue weighted by molar-refractivity contribution is 6.38. The number of hydrogen-bond donors (Lipinski definition) is 1. The normalized spacial score (nSPS) is 17.0. The zero-order valence-electron chi connectivity index (χ0n) is 12.4. The third-order valence-electron chi connectivity index (χ3n) is 3.79. The number of aliphatic carboxylic acids is 1. The van der Waals surface area contributed by atoms with Crippen molar-refractivity contribution < 1.29 is 9.90 Å². The van der Waals surface area contributed by atoms with Crippen LogP contribution in [0.25, 0.3) is 0 Å². The molecular weight excluding hydrogens is 371 g/mol. The second-order valence-electron chi connectivity index (χ2n) is 5.48. The van der Waals surface area contributed by atoms with Crippen LogP contribution in [0.15, 0.2) is 47.6 Å². The van der Waals surface area contributed by atoms with Gasteiger partial charge in [0.25, 0.3) is 0 Å². The van der Waals surface area contributed by atoms with E-state index in [4.69, 9.17) is 34.8 Å². The molecule has 0 fully saturated rings. The fourth-order valence-electron chi connectivity index (χ4n) is 2.66. The molecular formula is C17H13Cl3N2O2. The first-order valence-electron chi connectivity index (χ1n) is 7.23. The van der Waals surface area contributed by atoms with E-state index in [9.17, 15) is 9.90 Å². The van der Waals surface area contributed by atoms with Gasteiger partial charge in [-0.2, -0.15) is 5.10 Å². The zero-order chi connectivity index (χ0) is 17.3. The Bertz CT molecular complexity index is 806. The predicted molar refractivity (Wildman–Crippen MR) is 97.6 cm³/mol. The Morgan fingerprint density at radius 2 is 1.79 bits per heavy atom. The minimum atomic E-state index is -1.02. The van der Waals surface area contributed by atoms with E-state index in [1.54, 1.807) is 23.2 Å². The molecule has 1 heterocycles. The molecule has 2 aromatic rings. The van der Waals surface area contributed by atoms with E-state index in [-0.39, 0.29) is 11.8 Å². The number of hydrogen-bond acceptors (Lipinski definition) is 3. The highest BCUT2D eigenvalue weighted by atomic mass is 35.5. The molecule has 0 saturated carbocycles. The molecule has 0 spiro atoms. The molecule has 0 aliphatic carbocycles. The van der Waals surface area contributed by atoms with Gasteiger partial charge in [0.2, 0.25) is 0 Å². The van der Waals surface area contributed by atoms with Crippen molar-refractivity contribution in [2.24, 2.45) is 5.10 Å². The minimum Gasteiger partial charge on any atom is -0.477 e. The molecule has 3 rings (SSSR count). The average molecular weight is 384 g/mol. The topological polar surface area (TPSA) is 52.9 Å². The lowest BCUT2D eigenvalue weighted by Crippen LogP contribution is -2.29. The van der Waals surface area contributed by atoms with Gasteiger partial charge in [-0.1, -0.05) is 46.9 Å². The summed E-state index contributed by atoms with van der Waals surface area (Å²) in [7, 11) is 0.